The number of oxazole rings is 1. The van der Waals surface area contributed by atoms with Gasteiger partial charge in [0.15, 0.2) is 5.58 Å². The highest BCUT2D eigenvalue weighted by atomic mass is 16.6. The number of hydrogen-bond acceptors (Lipinski definition) is 7. The number of nitro benzene ring substituents is 1. The van der Waals surface area contributed by atoms with Crippen LogP contribution in [-0.4, -0.2) is 42.1 Å². The fourth-order valence-corrected chi connectivity index (χ4v) is 4.63. The zero-order chi connectivity index (χ0) is 25.4. The summed E-state index contributed by atoms with van der Waals surface area (Å²) < 4.78 is 11.5. The molecule has 0 atom stereocenters. The van der Waals surface area contributed by atoms with Crippen LogP contribution >= 0.6 is 0 Å². The Morgan fingerprint density at radius 1 is 0.973 bits per heavy atom. The summed E-state index contributed by atoms with van der Waals surface area (Å²) >= 11 is 0. The monoisotopic (exact) mass is 494 g/mol. The molecule has 1 amide bonds. The molecule has 184 valence electrons. The third kappa shape index (κ3) is 4.25. The minimum Gasteiger partial charge on any atom is -0.435 e. The Kier molecular flexibility index (Phi) is 5.74. The predicted molar refractivity (Wildman–Crippen MR) is 141 cm³/mol. The second-order valence-corrected chi connectivity index (χ2v) is 8.71. The van der Waals surface area contributed by atoms with Gasteiger partial charge in [0.2, 0.25) is 5.89 Å². The number of morpholine rings is 1. The SMILES string of the molecule is O=C(Nc1ccccc1-c1nc2ccc3ccccc3c2o1)c1ccc(N2CCOCC2)c([N+](=O)[O-])c1. The lowest BCUT2D eigenvalue weighted by molar-refractivity contribution is -0.384. The van der Waals surface area contributed by atoms with E-state index >= 15 is 0 Å². The Bertz CT molecular complexity index is 1660. The first kappa shape index (κ1) is 22.7. The van der Waals surface area contributed by atoms with Crippen LogP contribution in [0.2, 0.25) is 0 Å². The molecule has 0 radical (unpaired) electrons. The van der Waals surface area contributed by atoms with E-state index in [1.807, 2.05) is 53.4 Å². The van der Waals surface area contributed by atoms with Gasteiger partial charge in [0, 0.05) is 30.1 Å². The predicted octanol–water partition coefficient (Wildman–Crippen LogP) is 5.65. The number of rotatable bonds is 5. The van der Waals surface area contributed by atoms with Crippen molar-refractivity contribution < 1.29 is 18.9 Å². The number of para-hydroxylation sites is 1. The second-order valence-electron chi connectivity index (χ2n) is 8.71. The van der Waals surface area contributed by atoms with Crippen molar-refractivity contribution in [2.75, 3.05) is 36.5 Å². The van der Waals surface area contributed by atoms with Gasteiger partial charge < -0.3 is 19.4 Å². The van der Waals surface area contributed by atoms with Crippen molar-refractivity contribution in [3.63, 3.8) is 0 Å². The second kappa shape index (κ2) is 9.36. The maximum absolute atomic E-state index is 13.2. The van der Waals surface area contributed by atoms with Crippen LogP contribution < -0.4 is 10.2 Å². The molecule has 4 aromatic carbocycles. The first-order valence-corrected chi connectivity index (χ1v) is 11.9. The van der Waals surface area contributed by atoms with Gasteiger partial charge in [-0.05, 0) is 35.7 Å². The molecule has 2 heterocycles. The largest absolute Gasteiger partial charge is 0.435 e. The van der Waals surface area contributed by atoms with Crippen LogP contribution in [0.1, 0.15) is 10.4 Å². The minimum atomic E-state index is -0.467. The summed E-state index contributed by atoms with van der Waals surface area (Å²) in [7, 11) is 0. The molecule has 9 heteroatoms. The van der Waals surface area contributed by atoms with Crippen LogP contribution in [0.3, 0.4) is 0 Å². The van der Waals surface area contributed by atoms with E-state index in [4.69, 9.17) is 9.15 Å². The average Bonchev–Trinajstić information content (AvgIpc) is 3.38. The Morgan fingerprint density at radius 2 is 1.76 bits per heavy atom. The molecular formula is C28H22N4O5. The Hall–Kier alpha value is -4.76. The van der Waals surface area contributed by atoms with E-state index in [1.54, 1.807) is 24.3 Å². The van der Waals surface area contributed by atoms with Gasteiger partial charge in [0.25, 0.3) is 11.6 Å². The molecule has 37 heavy (non-hydrogen) atoms. The number of hydrogen-bond donors (Lipinski definition) is 1. The fraction of sp³-hybridized carbons (Fsp3) is 0.143. The van der Waals surface area contributed by atoms with E-state index < -0.39 is 10.8 Å². The van der Waals surface area contributed by atoms with E-state index in [9.17, 15) is 14.9 Å². The average molecular weight is 495 g/mol. The summed E-state index contributed by atoms with van der Waals surface area (Å²) in [4.78, 5) is 31.1. The third-order valence-electron chi connectivity index (χ3n) is 6.47. The fourth-order valence-electron chi connectivity index (χ4n) is 4.63. The quantitative estimate of drug-likeness (QED) is 0.248. The van der Waals surface area contributed by atoms with Crippen molar-refractivity contribution in [1.29, 1.82) is 0 Å². The lowest BCUT2D eigenvalue weighted by atomic mass is 10.1. The van der Waals surface area contributed by atoms with Crippen molar-refractivity contribution in [3.8, 4) is 11.5 Å². The molecule has 1 N–H and O–H groups in total. The summed E-state index contributed by atoms with van der Waals surface area (Å²) in [6.45, 7) is 2.11. The Balaban J connectivity index is 1.33. The van der Waals surface area contributed by atoms with Gasteiger partial charge in [-0.15, -0.1) is 0 Å². The van der Waals surface area contributed by atoms with E-state index in [0.29, 0.717) is 60.2 Å². The summed E-state index contributed by atoms with van der Waals surface area (Å²) in [6.07, 6.45) is 0. The zero-order valence-electron chi connectivity index (χ0n) is 19.7. The van der Waals surface area contributed by atoms with Gasteiger partial charge in [0.05, 0.1) is 29.4 Å². The van der Waals surface area contributed by atoms with Gasteiger partial charge in [-0.1, -0.05) is 42.5 Å². The van der Waals surface area contributed by atoms with Crippen LogP contribution in [0.25, 0.3) is 33.3 Å². The Labute approximate surface area is 211 Å². The third-order valence-corrected chi connectivity index (χ3v) is 6.47. The normalized spacial score (nSPS) is 13.7. The van der Waals surface area contributed by atoms with E-state index in [1.165, 1.54) is 6.07 Å². The smallest absolute Gasteiger partial charge is 0.293 e. The lowest BCUT2D eigenvalue weighted by Crippen LogP contribution is -2.36. The lowest BCUT2D eigenvalue weighted by Gasteiger charge is -2.28. The molecule has 1 aliphatic heterocycles. The molecule has 0 saturated carbocycles. The van der Waals surface area contributed by atoms with E-state index in [2.05, 4.69) is 10.3 Å². The van der Waals surface area contributed by atoms with Crippen LogP contribution in [0, 0.1) is 10.1 Å². The summed E-state index contributed by atoms with van der Waals surface area (Å²) in [5.41, 5.74) is 3.02. The number of carbonyl (C=O) groups excluding carboxylic acids is 1. The Morgan fingerprint density at radius 3 is 2.59 bits per heavy atom. The summed E-state index contributed by atoms with van der Waals surface area (Å²) in [5.74, 6) is -0.0958. The molecule has 0 spiro atoms. The number of benzene rings is 4. The molecule has 1 fully saturated rings. The van der Waals surface area contributed by atoms with Crippen molar-refractivity contribution in [2.24, 2.45) is 0 Å². The van der Waals surface area contributed by atoms with E-state index in [-0.39, 0.29) is 11.3 Å². The first-order valence-electron chi connectivity index (χ1n) is 11.9. The molecule has 0 unspecified atom stereocenters. The minimum absolute atomic E-state index is 0.117. The maximum atomic E-state index is 13.2. The van der Waals surface area contributed by atoms with Gasteiger partial charge in [-0.3, -0.25) is 14.9 Å². The van der Waals surface area contributed by atoms with Crippen LogP contribution in [0.15, 0.2) is 83.3 Å². The number of nitro groups is 1. The van der Waals surface area contributed by atoms with Crippen molar-refractivity contribution in [2.45, 2.75) is 0 Å². The number of carbonyl (C=O) groups is 1. The number of aromatic nitrogens is 1. The molecule has 6 rings (SSSR count). The van der Waals surface area contributed by atoms with Gasteiger partial charge in [-0.2, -0.15) is 0 Å². The van der Waals surface area contributed by atoms with Crippen LogP contribution in [0.5, 0.6) is 0 Å². The van der Waals surface area contributed by atoms with Crippen molar-refractivity contribution in [3.05, 3.63) is 94.5 Å². The molecule has 0 bridgehead atoms. The molecule has 1 aliphatic rings. The van der Waals surface area contributed by atoms with Gasteiger partial charge in [0.1, 0.15) is 11.2 Å². The number of ether oxygens (including phenoxy) is 1. The molecule has 1 saturated heterocycles. The molecule has 5 aromatic rings. The number of amides is 1. The molecule has 9 nitrogen and oxygen atoms in total. The van der Waals surface area contributed by atoms with Gasteiger partial charge >= 0.3 is 0 Å². The number of fused-ring (bicyclic) bond motifs is 3. The summed E-state index contributed by atoms with van der Waals surface area (Å²) in [6, 6.07) is 23.5. The molecular weight excluding hydrogens is 472 g/mol. The topological polar surface area (TPSA) is 111 Å². The van der Waals surface area contributed by atoms with Crippen LogP contribution in [-0.2, 0) is 4.74 Å². The van der Waals surface area contributed by atoms with E-state index in [0.717, 1.165) is 10.8 Å². The molecule has 1 aromatic heterocycles. The number of nitrogens with one attached hydrogen (secondary N) is 1. The standard InChI is InChI=1S/C28H22N4O5/c33-27(19-10-12-24(25(17-19)32(34)35)31-13-15-36-16-14-31)29-22-8-4-3-7-21(22)28-30-23-11-9-18-5-1-2-6-20(18)26(23)37-28/h1-12,17H,13-16H2,(H,29,33). The first-order chi connectivity index (χ1) is 18.1. The van der Waals surface area contributed by atoms with Gasteiger partial charge in [-0.25, -0.2) is 4.98 Å². The number of nitrogens with zero attached hydrogens (tertiary/aromatic N) is 3. The van der Waals surface area contributed by atoms with Crippen molar-refractivity contribution in [1.82, 2.24) is 4.98 Å². The highest BCUT2D eigenvalue weighted by Gasteiger charge is 2.24. The summed E-state index contributed by atoms with van der Waals surface area (Å²) in [5, 5.41) is 16.7. The molecule has 0 aliphatic carbocycles. The van der Waals surface area contributed by atoms with Crippen molar-refractivity contribution >= 4 is 44.8 Å². The zero-order valence-corrected chi connectivity index (χ0v) is 19.7. The highest BCUT2D eigenvalue weighted by molar-refractivity contribution is 6.07. The highest BCUT2D eigenvalue weighted by Crippen LogP contribution is 2.34. The van der Waals surface area contributed by atoms with Crippen LogP contribution in [0.4, 0.5) is 17.1 Å². The maximum Gasteiger partial charge on any atom is 0.293 e. The number of anilines is 2.